The molecule has 2 heteroatoms. The van der Waals surface area contributed by atoms with Gasteiger partial charge in [0.05, 0.1) is 0 Å². The molecule has 0 atom stereocenters. The van der Waals surface area contributed by atoms with Crippen LogP contribution in [0.25, 0.3) is 0 Å². The Hall–Kier alpha value is -1.18. The number of pyridine rings is 1. The standard InChI is InChI=1S/C8H9NO.C3H8/c1-7(10)6-8-2-4-9-5-3-8;1-3-2/h2-5H,6H2,1H3;3H2,1-2H3. The second kappa shape index (κ2) is 7.47. The molecule has 0 aromatic carbocycles. The summed E-state index contributed by atoms with van der Waals surface area (Å²) in [5.74, 6) is 0.186. The number of rotatable bonds is 2. The van der Waals surface area contributed by atoms with Crippen LogP contribution < -0.4 is 0 Å². The van der Waals surface area contributed by atoms with Gasteiger partial charge in [0.15, 0.2) is 0 Å². The molecule has 0 radical (unpaired) electrons. The van der Waals surface area contributed by atoms with Crippen LogP contribution >= 0.6 is 0 Å². The molecule has 72 valence electrons. The number of aromatic nitrogens is 1. The highest BCUT2D eigenvalue weighted by molar-refractivity contribution is 5.78. The molecular formula is C11H17NO. The minimum Gasteiger partial charge on any atom is -0.300 e. The molecule has 0 aliphatic carbocycles. The Kier molecular flexibility index (Phi) is 6.79. The first-order valence-electron chi connectivity index (χ1n) is 4.59. The molecular weight excluding hydrogens is 162 g/mol. The Balaban J connectivity index is 0.000000424. The van der Waals surface area contributed by atoms with Gasteiger partial charge in [0, 0.05) is 18.8 Å². The lowest BCUT2D eigenvalue weighted by molar-refractivity contribution is -0.116. The summed E-state index contributed by atoms with van der Waals surface area (Å²) in [6.45, 7) is 5.83. The van der Waals surface area contributed by atoms with Crippen molar-refractivity contribution in [2.45, 2.75) is 33.6 Å². The number of hydrogen-bond acceptors (Lipinski definition) is 2. The zero-order valence-electron chi connectivity index (χ0n) is 8.58. The van der Waals surface area contributed by atoms with Crippen molar-refractivity contribution in [3.8, 4) is 0 Å². The Labute approximate surface area is 80.0 Å². The fourth-order valence-electron chi connectivity index (χ4n) is 0.788. The van der Waals surface area contributed by atoms with Crippen LogP contribution in [0.1, 0.15) is 32.8 Å². The van der Waals surface area contributed by atoms with Crippen LogP contribution in [0.5, 0.6) is 0 Å². The largest absolute Gasteiger partial charge is 0.300 e. The highest BCUT2D eigenvalue weighted by atomic mass is 16.1. The normalized spacial score (nSPS) is 8.54. The summed E-state index contributed by atoms with van der Waals surface area (Å²) in [7, 11) is 0. The van der Waals surface area contributed by atoms with E-state index in [-0.39, 0.29) is 5.78 Å². The van der Waals surface area contributed by atoms with E-state index in [1.54, 1.807) is 19.3 Å². The zero-order chi connectivity index (χ0) is 10.1. The van der Waals surface area contributed by atoms with Crippen molar-refractivity contribution in [1.29, 1.82) is 0 Å². The minimum absolute atomic E-state index is 0.186. The van der Waals surface area contributed by atoms with Crippen molar-refractivity contribution >= 4 is 5.78 Å². The molecule has 0 aliphatic heterocycles. The summed E-state index contributed by atoms with van der Waals surface area (Å²) in [6.07, 6.45) is 5.15. The molecule has 0 amide bonds. The fourth-order valence-corrected chi connectivity index (χ4v) is 0.788. The van der Waals surface area contributed by atoms with Gasteiger partial charge in [-0.15, -0.1) is 0 Å². The van der Waals surface area contributed by atoms with Gasteiger partial charge in [-0.3, -0.25) is 9.78 Å². The average Bonchev–Trinajstić information content (AvgIpc) is 2.06. The summed E-state index contributed by atoms with van der Waals surface area (Å²) in [5.41, 5.74) is 1.03. The quantitative estimate of drug-likeness (QED) is 0.698. The number of nitrogens with zero attached hydrogens (tertiary/aromatic N) is 1. The summed E-state index contributed by atoms with van der Waals surface area (Å²) in [4.78, 5) is 14.4. The van der Waals surface area contributed by atoms with E-state index >= 15 is 0 Å². The van der Waals surface area contributed by atoms with Crippen LogP contribution in [-0.4, -0.2) is 10.8 Å². The molecule has 1 aromatic rings. The monoisotopic (exact) mass is 179 g/mol. The Morgan fingerprint density at radius 1 is 1.31 bits per heavy atom. The predicted molar refractivity (Wildman–Crippen MR) is 54.6 cm³/mol. The second-order valence-electron chi connectivity index (χ2n) is 2.94. The molecule has 0 N–H and O–H groups in total. The summed E-state index contributed by atoms with van der Waals surface area (Å²) >= 11 is 0. The number of carbonyl (C=O) groups excluding carboxylic acids is 1. The van der Waals surface area contributed by atoms with Crippen molar-refractivity contribution in [3.63, 3.8) is 0 Å². The molecule has 13 heavy (non-hydrogen) atoms. The van der Waals surface area contributed by atoms with Crippen molar-refractivity contribution < 1.29 is 4.79 Å². The molecule has 2 nitrogen and oxygen atoms in total. The first kappa shape index (κ1) is 11.8. The van der Waals surface area contributed by atoms with Gasteiger partial charge < -0.3 is 0 Å². The summed E-state index contributed by atoms with van der Waals surface area (Å²) in [6, 6.07) is 3.70. The van der Waals surface area contributed by atoms with Crippen LogP contribution in [0.3, 0.4) is 0 Å². The van der Waals surface area contributed by atoms with Crippen LogP contribution in [0, 0.1) is 0 Å². The van der Waals surface area contributed by atoms with Gasteiger partial charge in [-0.1, -0.05) is 20.3 Å². The summed E-state index contributed by atoms with van der Waals surface area (Å²) in [5, 5.41) is 0. The minimum atomic E-state index is 0.186. The third kappa shape index (κ3) is 7.19. The number of hydrogen-bond donors (Lipinski definition) is 0. The van der Waals surface area contributed by atoms with Crippen LogP contribution in [0.4, 0.5) is 0 Å². The van der Waals surface area contributed by atoms with Crippen molar-refractivity contribution in [2.75, 3.05) is 0 Å². The average molecular weight is 179 g/mol. The van der Waals surface area contributed by atoms with E-state index in [1.165, 1.54) is 6.42 Å². The van der Waals surface area contributed by atoms with Crippen molar-refractivity contribution in [1.82, 2.24) is 4.98 Å². The predicted octanol–water partition coefficient (Wildman–Crippen LogP) is 2.63. The van der Waals surface area contributed by atoms with E-state index in [0.717, 1.165) is 5.56 Å². The zero-order valence-corrected chi connectivity index (χ0v) is 8.58. The number of Topliss-reactive ketones (excluding diaryl/α,β-unsaturated/α-hetero) is 1. The maximum atomic E-state index is 10.6. The molecule has 0 fully saturated rings. The Morgan fingerprint density at radius 2 is 1.77 bits per heavy atom. The molecule has 1 heterocycles. The number of ketones is 1. The lowest BCUT2D eigenvalue weighted by Gasteiger charge is -1.93. The van der Waals surface area contributed by atoms with E-state index in [4.69, 9.17) is 0 Å². The van der Waals surface area contributed by atoms with Gasteiger partial charge in [0.1, 0.15) is 5.78 Å². The molecule has 0 bridgehead atoms. The van der Waals surface area contributed by atoms with Gasteiger partial charge in [-0.2, -0.15) is 0 Å². The van der Waals surface area contributed by atoms with Crippen LogP contribution in [0.2, 0.25) is 0 Å². The van der Waals surface area contributed by atoms with E-state index < -0.39 is 0 Å². The maximum absolute atomic E-state index is 10.6. The smallest absolute Gasteiger partial charge is 0.134 e. The first-order chi connectivity index (χ1) is 6.20. The van der Waals surface area contributed by atoms with Crippen molar-refractivity contribution in [3.05, 3.63) is 30.1 Å². The van der Waals surface area contributed by atoms with Gasteiger partial charge >= 0.3 is 0 Å². The van der Waals surface area contributed by atoms with Gasteiger partial charge in [-0.05, 0) is 24.6 Å². The van der Waals surface area contributed by atoms with Gasteiger partial charge in [0.2, 0.25) is 0 Å². The second-order valence-corrected chi connectivity index (χ2v) is 2.94. The Morgan fingerprint density at radius 3 is 2.15 bits per heavy atom. The lowest BCUT2D eigenvalue weighted by Crippen LogP contribution is -1.95. The fraction of sp³-hybridized carbons (Fsp3) is 0.455. The third-order valence-electron chi connectivity index (χ3n) is 1.20. The molecule has 0 aliphatic rings. The molecule has 1 aromatic heterocycles. The van der Waals surface area contributed by atoms with E-state index in [9.17, 15) is 4.79 Å². The SMILES string of the molecule is CC(=O)Cc1ccncc1.CCC. The lowest BCUT2D eigenvalue weighted by atomic mass is 10.1. The number of carbonyl (C=O) groups is 1. The molecule has 0 unspecified atom stereocenters. The van der Waals surface area contributed by atoms with E-state index in [1.807, 2.05) is 12.1 Å². The van der Waals surface area contributed by atoms with Crippen LogP contribution in [-0.2, 0) is 11.2 Å². The van der Waals surface area contributed by atoms with Gasteiger partial charge in [0.25, 0.3) is 0 Å². The first-order valence-corrected chi connectivity index (χ1v) is 4.59. The van der Waals surface area contributed by atoms with E-state index in [2.05, 4.69) is 18.8 Å². The molecule has 0 saturated carbocycles. The summed E-state index contributed by atoms with van der Waals surface area (Å²) < 4.78 is 0. The van der Waals surface area contributed by atoms with Crippen molar-refractivity contribution in [2.24, 2.45) is 0 Å². The molecule has 0 spiro atoms. The molecule has 0 saturated heterocycles. The molecule has 1 rings (SSSR count). The highest BCUT2D eigenvalue weighted by Gasteiger charge is 1.93. The van der Waals surface area contributed by atoms with Crippen LogP contribution in [0.15, 0.2) is 24.5 Å². The maximum Gasteiger partial charge on any atom is 0.134 e. The van der Waals surface area contributed by atoms with Gasteiger partial charge in [-0.25, -0.2) is 0 Å². The van der Waals surface area contributed by atoms with E-state index in [0.29, 0.717) is 6.42 Å². The highest BCUT2D eigenvalue weighted by Crippen LogP contribution is 1.96. The topological polar surface area (TPSA) is 30.0 Å². The third-order valence-corrected chi connectivity index (χ3v) is 1.20. The Bertz CT molecular complexity index is 231.